The molecule has 0 heterocycles. The molecule has 0 aliphatic carbocycles. The van der Waals surface area contributed by atoms with Gasteiger partial charge in [0.2, 0.25) is 12.3 Å². The van der Waals surface area contributed by atoms with Crippen molar-refractivity contribution in [3.63, 3.8) is 0 Å². The first-order valence-electron chi connectivity index (χ1n) is 8.28. The third kappa shape index (κ3) is 14.1. The molecule has 2 amide bonds. The highest BCUT2D eigenvalue weighted by atomic mass is 16.5. The molecule has 0 bridgehead atoms. The van der Waals surface area contributed by atoms with Gasteiger partial charge in [0.1, 0.15) is 6.61 Å². The van der Waals surface area contributed by atoms with Crippen LogP contribution in [-0.4, -0.2) is 56.0 Å². The zero-order valence-corrected chi connectivity index (χ0v) is 15.5. The quantitative estimate of drug-likeness (QED) is 0.405. The van der Waals surface area contributed by atoms with Crippen LogP contribution in [0, 0.1) is 11.8 Å². The van der Waals surface area contributed by atoms with E-state index in [9.17, 15) is 14.4 Å². The van der Waals surface area contributed by atoms with Crippen molar-refractivity contribution in [3.05, 3.63) is 0 Å². The topological polar surface area (TPSA) is 72.9 Å². The molecule has 0 radical (unpaired) electrons. The summed E-state index contributed by atoms with van der Waals surface area (Å²) in [5.74, 6) is 0.424. The Morgan fingerprint density at radius 3 is 2.09 bits per heavy atom. The Hall–Kier alpha value is -1.27. The number of hydrogen-bond acceptors (Lipinski definition) is 5. The van der Waals surface area contributed by atoms with E-state index in [1.807, 2.05) is 34.6 Å². The molecule has 0 N–H and O–H groups in total. The lowest BCUT2D eigenvalue weighted by Gasteiger charge is -2.20. The fourth-order valence-corrected chi connectivity index (χ4v) is 1.46. The SMILES string of the molecule is CC.CC(=O)COCCOCCN(C=O)C(=O)CC(C)C(C)C. The maximum Gasteiger partial charge on any atom is 0.229 e. The minimum absolute atomic E-state index is 0.0352. The monoisotopic (exact) mass is 331 g/mol. The molecule has 6 nitrogen and oxygen atoms in total. The molecule has 0 rings (SSSR count). The van der Waals surface area contributed by atoms with E-state index < -0.39 is 0 Å². The molecule has 0 saturated carbocycles. The van der Waals surface area contributed by atoms with E-state index in [0.717, 1.165) is 4.90 Å². The van der Waals surface area contributed by atoms with Crippen LogP contribution in [0.4, 0.5) is 0 Å². The van der Waals surface area contributed by atoms with Crippen LogP contribution in [0.3, 0.4) is 0 Å². The number of Topliss-reactive ketones (excluding diaryl/α,β-unsaturated/α-hetero) is 1. The Bertz CT molecular complexity index is 331. The van der Waals surface area contributed by atoms with Crippen molar-refractivity contribution in [2.75, 3.05) is 33.0 Å². The highest BCUT2D eigenvalue weighted by Crippen LogP contribution is 2.14. The number of ether oxygens (including phenoxy) is 2. The summed E-state index contributed by atoms with van der Waals surface area (Å²) >= 11 is 0. The third-order valence-electron chi connectivity index (χ3n) is 3.24. The van der Waals surface area contributed by atoms with Gasteiger partial charge in [-0.15, -0.1) is 0 Å². The number of carbonyl (C=O) groups excluding carboxylic acids is 3. The molecule has 1 atom stereocenters. The van der Waals surface area contributed by atoms with Gasteiger partial charge in [0.05, 0.1) is 26.4 Å². The van der Waals surface area contributed by atoms with Gasteiger partial charge in [-0.25, -0.2) is 0 Å². The summed E-state index contributed by atoms with van der Waals surface area (Å²) in [5.41, 5.74) is 0. The number of imide groups is 1. The Morgan fingerprint density at radius 1 is 1.04 bits per heavy atom. The Morgan fingerprint density at radius 2 is 1.61 bits per heavy atom. The predicted molar refractivity (Wildman–Crippen MR) is 90.1 cm³/mol. The molecular formula is C17H33NO5. The fraction of sp³-hybridized carbons (Fsp3) is 0.824. The number of carbonyl (C=O) groups is 3. The zero-order valence-electron chi connectivity index (χ0n) is 15.5. The second-order valence-electron chi connectivity index (χ2n) is 5.48. The lowest BCUT2D eigenvalue weighted by Crippen LogP contribution is -2.34. The molecule has 0 aliphatic rings. The van der Waals surface area contributed by atoms with Crippen molar-refractivity contribution in [2.24, 2.45) is 11.8 Å². The molecule has 6 heteroatoms. The third-order valence-corrected chi connectivity index (χ3v) is 3.24. The molecule has 136 valence electrons. The van der Waals surface area contributed by atoms with Gasteiger partial charge in [0.15, 0.2) is 5.78 Å². The van der Waals surface area contributed by atoms with E-state index in [4.69, 9.17) is 9.47 Å². The zero-order chi connectivity index (χ0) is 18.3. The van der Waals surface area contributed by atoms with E-state index in [1.165, 1.54) is 6.92 Å². The maximum absolute atomic E-state index is 11.9. The lowest BCUT2D eigenvalue weighted by atomic mass is 9.94. The first-order chi connectivity index (χ1) is 10.9. The van der Waals surface area contributed by atoms with Gasteiger partial charge in [-0.3, -0.25) is 19.3 Å². The summed E-state index contributed by atoms with van der Waals surface area (Å²) < 4.78 is 10.3. The van der Waals surface area contributed by atoms with E-state index >= 15 is 0 Å². The largest absolute Gasteiger partial charge is 0.377 e. The average molecular weight is 331 g/mol. The van der Waals surface area contributed by atoms with Gasteiger partial charge < -0.3 is 9.47 Å². The van der Waals surface area contributed by atoms with Gasteiger partial charge >= 0.3 is 0 Å². The standard InChI is InChI=1S/C15H27NO5.C2H6/c1-12(2)13(3)9-15(19)16(11-17)5-6-20-7-8-21-10-14(4)18;1-2/h11-13H,5-10H2,1-4H3;1-2H3. The van der Waals surface area contributed by atoms with E-state index in [2.05, 4.69) is 0 Å². The number of ketones is 1. The lowest BCUT2D eigenvalue weighted by molar-refractivity contribution is -0.140. The second-order valence-corrected chi connectivity index (χ2v) is 5.48. The number of nitrogens with zero attached hydrogens (tertiary/aromatic N) is 1. The van der Waals surface area contributed by atoms with Crippen LogP contribution in [0.25, 0.3) is 0 Å². The normalized spacial score (nSPS) is 11.4. The van der Waals surface area contributed by atoms with Crippen molar-refractivity contribution in [2.45, 2.75) is 48.0 Å². The molecule has 0 saturated heterocycles. The molecule has 0 aromatic carbocycles. The number of amides is 2. The van der Waals surface area contributed by atoms with E-state index in [0.29, 0.717) is 32.0 Å². The highest BCUT2D eigenvalue weighted by molar-refractivity contribution is 5.86. The first-order valence-corrected chi connectivity index (χ1v) is 8.28. The van der Waals surface area contributed by atoms with Gasteiger partial charge in [0.25, 0.3) is 0 Å². The molecule has 0 spiro atoms. The van der Waals surface area contributed by atoms with Crippen LogP contribution >= 0.6 is 0 Å². The summed E-state index contributed by atoms with van der Waals surface area (Å²) in [4.78, 5) is 34.6. The Kier molecular flexibility index (Phi) is 16.3. The second kappa shape index (κ2) is 15.6. The Balaban J connectivity index is 0. The van der Waals surface area contributed by atoms with Crippen LogP contribution < -0.4 is 0 Å². The molecular weight excluding hydrogens is 298 g/mol. The van der Waals surface area contributed by atoms with Crippen LogP contribution in [-0.2, 0) is 23.9 Å². The minimum atomic E-state index is -0.178. The van der Waals surface area contributed by atoms with Crippen molar-refractivity contribution in [1.82, 2.24) is 4.90 Å². The molecule has 23 heavy (non-hydrogen) atoms. The number of rotatable bonds is 12. The highest BCUT2D eigenvalue weighted by Gasteiger charge is 2.17. The predicted octanol–water partition coefficient (Wildman–Crippen LogP) is 2.30. The molecule has 1 unspecified atom stereocenters. The fourth-order valence-electron chi connectivity index (χ4n) is 1.46. The minimum Gasteiger partial charge on any atom is -0.377 e. The molecule has 0 aliphatic heterocycles. The molecule has 0 aromatic heterocycles. The smallest absolute Gasteiger partial charge is 0.229 e. The summed E-state index contributed by atoms with van der Waals surface area (Å²) in [6.07, 6.45) is 0.906. The summed E-state index contributed by atoms with van der Waals surface area (Å²) in [6, 6.07) is 0. The summed E-state index contributed by atoms with van der Waals surface area (Å²) in [6.45, 7) is 12.8. The summed E-state index contributed by atoms with van der Waals surface area (Å²) in [5, 5.41) is 0. The molecule has 0 aromatic rings. The van der Waals surface area contributed by atoms with Gasteiger partial charge in [0, 0.05) is 6.42 Å². The van der Waals surface area contributed by atoms with Crippen molar-refractivity contribution in [1.29, 1.82) is 0 Å². The number of hydrogen-bond donors (Lipinski definition) is 0. The first kappa shape index (κ1) is 24.0. The molecule has 0 fully saturated rings. The van der Waals surface area contributed by atoms with Gasteiger partial charge in [-0.2, -0.15) is 0 Å². The van der Waals surface area contributed by atoms with Crippen LogP contribution in [0.15, 0.2) is 0 Å². The van der Waals surface area contributed by atoms with E-state index in [1.54, 1.807) is 0 Å². The summed E-state index contributed by atoms with van der Waals surface area (Å²) in [7, 11) is 0. The van der Waals surface area contributed by atoms with Crippen molar-refractivity contribution >= 4 is 18.1 Å². The van der Waals surface area contributed by atoms with Crippen LogP contribution in [0.5, 0.6) is 0 Å². The van der Waals surface area contributed by atoms with Gasteiger partial charge in [-0.1, -0.05) is 34.6 Å². The maximum atomic E-state index is 11.9. The average Bonchev–Trinajstić information content (AvgIpc) is 2.51. The van der Waals surface area contributed by atoms with E-state index in [-0.39, 0.29) is 37.4 Å². The van der Waals surface area contributed by atoms with Crippen molar-refractivity contribution < 1.29 is 23.9 Å². The van der Waals surface area contributed by atoms with Gasteiger partial charge in [-0.05, 0) is 18.8 Å². The Labute approximate surface area is 140 Å². The van der Waals surface area contributed by atoms with Crippen LogP contribution in [0.2, 0.25) is 0 Å². The van der Waals surface area contributed by atoms with Crippen LogP contribution in [0.1, 0.15) is 48.0 Å². The van der Waals surface area contributed by atoms with Crippen molar-refractivity contribution in [3.8, 4) is 0 Å².